The Hall–Kier alpha value is -6.29. The average Bonchev–Trinajstić information content (AvgIpc) is 4.12. The normalized spacial score (nSPS) is 19.1. The first-order valence-electron chi connectivity index (χ1n) is 19.9. The van der Waals surface area contributed by atoms with Crippen LogP contribution in [-0.2, 0) is 37.3 Å². The van der Waals surface area contributed by atoms with Crippen LogP contribution in [0.1, 0.15) is 62.2 Å². The zero-order valence-electron chi connectivity index (χ0n) is 34.0. The lowest BCUT2D eigenvalue weighted by molar-refractivity contribution is -0.136. The van der Waals surface area contributed by atoms with Crippen LogP contribution in [0.2, 0.25) is 0 Å². The molecule has 5 atom stereocenters. The van der Waals surface area contributed by atoms with Crippen LogP contribution in [0.5, 0.6) is 0 Å². The molecular weight excluding hydrogens is 755 g/mol. The Morgan fingerprint density at radius 2 is 1.42 bits per heavy atom. The van der Waals surface area contributed by atoms with Gasteiger partial charge in [-0.2, -0.15) is 0 Å². The number of H-pyrrole nitrogens is 1. The number of carbonyl (C=O) groups excluding carboxylic acids is 4. The van der Waals surface area contributed by atoms with Crippen molar-refractivity contribution in [2.45, 2.75) is 75.7 Å². The molecule has 7 rings (SSSR count). The molecule has 4 aromatic rings. The van der Waals surface area contributed by atoms with Gasteiger partial charge in [-0.15, -0.1) is 0 Å². The number of alkyl carbamates (subject to hydrolysis) is 2. The number of imidazole rings is 2. The number of benzene rings is 2. The topological polar surface area (TPSA) is 185 Å². The lowest BCUT2D eigenvalue weighted by Crippen LogP contribution is -2.56. The molecule has 16 nitrogen and oxygen atoms in total. The van der Waals surface area contributed by atoms with E-state index in [9.17, 15) is 19.2 Å². The Bertz CT molecular complexity index is 2210. The first-order chi connectivity index (χ1) is 28.6. The predicted molar refractivity (Wildman–Crippen MR) is 220 cm³/mol. The van der Waals surface area contributed by atoms with Crippen LogP contribution in [-0.4, -0.2) is 118 Å². The SMILES string of the molecule is COC(=O)NC(C(=O)N1CCC[C@H]1C1=NC=C(c2ccc(-c3ccc(-c4cnc([C@@H]5CCCN5C(=O)[C@H](Cc5cn(C)cn5)NC(=O)OC)[nH]4)cc3)cc2)C1)[C@@H](C)OC. The Morgan fingerprint density at radius 1 is 0.814 bits per heavy atom. The van der Waals surface area contributed by atoms with Crippen molar-refractivity contribution in [1.82, 2.24) is 40.0 Å². The number of nitrogens with one attached hydrogen (secondary N) is 3. The second-order valence-electron chi connectivity index (χ2n) is 15.1. The van der Waals surface area contributed by atoms with Gasteiger partial charge < -0.3 is 44.2 Å². The molecule has 0 aliphatic carbocycles. The van der Waals surface area contributed by atoms with Crippen molar-refractivity contribution in [2.24, 2.45) is 12.0 Å². The fraction of sp³-hybridized carbons (Fsp3) is 0.419. The van der Waals surface area contributed by atoms with Gasteiger partial charge in [-0.05, 0) is 60.4 Å². The lowest BCUT2D eigenvalue weighted by Gasteiger charge is -2.31. The van der Waals surface area contributed by atoms with Crippen molar-refractivity contribution in [2.75, 3.05) is 34.4 Å². The number of aliphatic imine (C=N–C) groups is 1. The molecule has 1 unspecified atom stereocenters. The van der Waals surface area contributed by atoms with E-state index in [1.807, 2.05) is 31.6 Å². The van der Waals surface area contributed by atoms with Gasteiger partial charge in [0.1, 0.15) is 17.9 Å². The van der Waals surface area contributed by atoms with Crippen LogP contribution in [0.15, 0.2) is 78.4 Å². The van der Waals surface area contributed by atoms with Gasteiger partial charge in [0.05, 0.1) is 56.3 Å². The van der Waals surface area contributed by atoms with Crippen LogP contribution < -0.4 is 10.6 Å². The number of aromatic nitrogens is 4. The van der Waals surface area contributed by atoms with E-state index in [0.29, 0.717) is 31.0 Å². The monoisotopic (exact) mass is 805 g/mol. The van der Waals surface area contributed by atoms with Crippen molar-refractivity contribution in [3.05, 3.63) is 90.5 Å². The van der Waals surface area contributed by atoms with Gasteiger partial charge in [-0.1, -0.05) is 48.5 Å². The van der Waals surface area contributed by atoms with Gasteiger partial charge in [0.25, 0.3) is 0 Å². The summed E-state index contributed by atoms with van der Waals surface area (Å²) < 4.78 is 16.8. The van der Waals surface area contributed by atoms with Crippen LogP contribution in [0.3, 0.4) is 0 Å². The van der Waals surface area contributed by atoms with Crippen molar-refractivity contribution in [1.29, 1.82) is 0 Å². The number of aromatic amines is 1. The molecule has 2 saturated heterocycles. The van der Waals surface area contributed by atoms with Gasteiger partial charge in [-0.3, -0.25) is 14.6 Å². The third kappa shape index (κ3) is 9.07. The highest BCUT2D eigenvalue weighted by molar-refractivity contribution is 6.04. The van der Waals surface area contributed by atoms with Crippen LogP contribution in [0.4, 0.5) is 9.59 Å². The van der Waals surface area contributed by atoms with E-state index in [1.54, 1.807) is 33.8 Å². The van der Waals surface area contributed by atoms with Gasteiger partial charge in [0.2, 0.25) is 11.8 Å². The summed E-state index contributed by atoms with van der Waals surface area (Å²) in [4.78, 5) is 72.6. The van der Waals surface area contributed by atoms with Crippen molar-refractivity contribution >= 4 is 35.3 Å². The fourth-order valence-electron chi connectivity index (χ4n) is 8.15. The zero-order chi connectivity index (χ0) is 41.6. The molecule has 3 aliphatic heterocycles. The summed E-state index contributed by atoms with van der Waals surface area (Å²) in [5, 5.41) is 5.34. The Labute approximate surface area is 343 Å². The van der Waals surface area contributed by atoms with E-state index in [1.165, 1.54) is 21.3 Å². The maximum atomic E-state index is 13.9. The quantitative estimate of drug-likeness (QED) is 0.167. The molecular formula is C43H51N9O7. The predicted octanol–water partition coefficient (Wildman–Crippen LogP) is 5.04. The molecule has 2 aromatic heterocycles. The minimum absolute atomic E-state index is 0.157. The van der Waals surface area contributed by atoms with Crippen LogP contribution in [0, 0.1) is 0 Å². The Balaban J connectivity index is 0.971. The molecule has 3 aliphatic rings. The average molecular weight is 806 g/mol. The smallest absolute Gasteiger partial charge is 0.407 e. The summed E-state index contributed by atoms with van der Waals surface area (Å²) in [6.45, 7) is 2.87. The number of aryl methyl sites for hydroxylation is 1. The number of likely N-dealkylation sites (tertiary alicyclic amines) is 2. The second-order valence-corrected chi connectivity index (χ2v) is 15.1. The number of nitrogens with zero attached hydrogens (tertiary/aromatic N) is 6. The summed E-state index contributed by atoms with van der Waals surface area (Å²) in [6.07, 6.45) is 9.35. The van der Waals surface area contributed by atoms with Crippen LogP contribution >= 0.6 is 0 Å². The molecule has 4 amide bonds. The van der Waals surface area contributed by atoms with Crippen molar-refractivity contribution < 1.29 is 33.4 Å². The number of carbonyl (C=O) groups is 4. The van der Waals surface area contributed by atoms with E-state index in [-0.39, 0.29) is 30.3 Å². The highest BCUT2D eigenvalue weighted by atomic mass is 16.5. The van der Waals surface area contributed by atoms with E-state index in [2.05, 4.69) is 57.0 Å². The summed E-state index contributed by atoms with van der Waals surface area (Å²) in [6, 6.07) is 14.5. The van der Waals surface area contributed by atoms with Gasteiger partial charge >= 0.3 is 12.2 Å². The summed E-state index contributed by atoms with van der Waals surface area (Å²) in [5.41, 5.74) is 7.69. The number of ether oxygens (including phenoxy) is 3. The maximum Gasteiger partial charge on any atom is 0.407 e. The Morgan fingerprint density at radius 3 is 2.05 bits per heavy atom. The first kappa shape index (κ1) is 40.9. The second kappa shape index (κ2) is 18.1. The van der Waals surface area contributed by atoms with Crippen LogP contribution in [0.25, 0.3) is 28.0 Å². The molecule has 2 aromatic carbocycles. The maximum absolute atomic E-state index is 13.9. The molecule has 0 saturated carbocycles. The molecule has 59 heavy (non-hydrogen) atoms. The first-order valence-corrected chi connectivity index (χ1v) is 19.9. The van der Waals surface area contributed by atoms with E-state index < -0.39 is 30.4 Å². The number of hydrogen-bond acceptors (Lipinski definition) is 10. The summed E-state index contributed by atoms with van der Waals surface area (Å²) in [5.74, 6) is 0.275. The molecule has 5 heterocycles. The lowest BCUT2D eigenvalue weighted by atomic mass is 9.96. The highest BCUT2D eigenvalue weighted by Crippen LogP contribution is 2.34. The number of rotatable bonds is 13. The molecule has 0 spiro atoms. The third-order valence-electron chi connectivity index (χ3n) is 11.4. The van der Waals surface area contributed by atoms with Gasteiger partial charge in [-0.25, -0.2) is 19.6 Å². The van der Waals surface area contributed by atoms with E-state index in [0.717, 1.165) is 64.9 Å². The fourth-order valence-corrected chi connectivity index (χ4v) is 8.15. The molecule has 16 heteroatoms. The largest absolute Gasteiger partial charge is 0.453 e. The number of hydrogen-bond donors (Lipinski definition) is 3. The molecule has 310 valence electrons. The van der Waals surface area contributed by atoms with E-state index in [4.69, 9.17) is 24.2 Å². The van der Waals surface area contributed by atoms with Gasteiger partial charge in [0.15, 0.2) is 0 Å². The molecule has 0 radical (unpaired) electrons. The third-order valence-corrected chi connectivity index (χ3v) is 11.4. The van der Waals surface area contributed by atoms with E-state index >= 15 is 0 Å². The number of methoxy groups -OCH3 is 3. The standard InChI is InChI=1S/C43H51N9O7/c1-26(57-3)38(49-43(56)59-5)41(54)51-18-6-8-36(51)33-20-31(22-44-33)29-12-10-27(11-13-29)28-14-16-30(17-15-28)35-23-45-39(47-35)37-9-7-19-52(37)40(53)34(48-42(55)58-4)21-32-24-50(2)25-46-32/h10-17,22-26,34,36-38H,6-9,18-21H2,1-5H3,(H,45,47)(H,48,55)(H,49,56)/t26-,34+,36+,37+,38?/m1/s1. The molecule has 0 bridgehead atoms. The highest BCUT2D eigenvalue weighted by Gasteiger charge is 2.40. The minimum Gasteiger partial charge on any atom is -0.453 e. The van der Waals surface area contributed by atoms with Crippen molar-refractivity contribution in [3.8, 4) is 22.4 Å². The minimum atomic E-state index is -0.873. The zero-order valence-corrected chi connectivity index (χ0v) is 34.0. The number of allylic oxidation sites excluding steroid dienone is 1. The Kier molecular flexibility index (Phi) is 12.5. The number of amides is 4. The van der Waals surface area contributed by atoms with Crippen molar-refractivity contribution in [3.63, 3.8) is 0 Å². The molecule has 3 N–H and O–H groups in total. The van der Waals surface area contributed by atoms with Gasteiger partial charge in [0, 0.05) is 58.2 Å². The summed E-state index contributed by atoms with van der Waals surface area (Å²) in [7, 11) is 5.90. The summed E-state index contributed by atoms with van der Waals surface area (Å²) >= 11 is 0. The molecule has 2 fully saturated rings.